The van der Waals surface area contributed by atoms with Gasteiger partial charge in [0.2, 0.25) is 0 Å². The van der Waals surface area contributed by atoms with Gasteiger partial charge in [0.1, 0.15) is 0 Å². The minimum Gasteiger partial charge on any atom is -0.550 e. The van der Waals surface area contributed by atoms with Crippen molar-refractivity contribution < 1.29 is 90.5 Å². The Hall–Kier alpha value is -0.725. The second kappa shape index (κ2) is 33.2. The van der Waals surface area contributed by atoms with E-state index >= 15 is 0 Å². The SMILES string of the molecule is CC(=O)[O-].O.O.O=C([O-])CN1CCN(CCCCCCCCCS)CCN(CC(=O)[O-])CCN(CC(=O)[O-])CC1.[Gd+3].[NH4+]. The van der Waals surface area contributed by atoms with E-state index in [-0.39, 0.29) is 76.7 Å². The quantitative estimate of drug-likeness (QED) is 0.117. The predicted molar refractivity (Wildman–Crippen MR) is 151 cm³/mol. The van der Waals surface area contributed by atoms with Crippen molar-refractivity contribution in [2.45, 2.75) is 51.9 Å². The Labute approximate surface area is 287 Å². The zero-order valence-electron chi connectivity index (χ0n) is 25.0. The van der Waals surface area contributed by atoms with Crippen molar-refractivity contribution in [1.82, 2.24) is 25.8 Å². The first kappa shape index (κ1) is 50.9. The molecule has 0 saturated carbocycles. The van der Waals surface area contributed by atoms with Crippen molar-refractivity contribution in [3.05, 3.63) is 0 Å². The van der Waals surface area contributed by atoms with E-state index < -0.39 is 23.9 Å². The van der Waals surface area contributed by atoms with Crippen LogP contribution < -0.4 is 26.6 Å². The number of thiol groups is 1. The van der Waals surface area contributed by atoms with Crippen LogP contribution in [-0.2, 0) is 19.2 Å². The third-order valence-corrected chi connectivity index (χ3v) is 6.44. The Bertz CT molecular complexity index is 664. The summed E-state index contributed by atoms with van der Waals surface area (Å²) in [4.78, 5) is 49.9. The van der Waals surface area contributed by atoms with Gasteiger partial charge >= 0.3 is 39.9 Å². The van der Waals surface area contributed by atoms with Gasteiger partial charge in [-0.25, -0.2) is 0 Å². The van der Waals surface area contributed by atoms with Gasteiger partial charge in [-0.1, -0.05) is 32.1 Å². The molecule has 0 atom stereocenters. The third-order valence-electron chi connectivity index (χ3n) is 6.12. The van der Waals surface area contributed by atoms with Gasteiger partial charge in [-0.05, 0) is 32.1 Å². The number of quaternary nitrogens is 1. The van der Waals surface area contributed by atoms with Crippen LogP contribution in [0.25, 0.3) is 0 Å². The second-order valence-electron chi connectivity index (χ2n) is 9.48. The van der Waals surface area contributed by atoms with Gasteiger partial charge in [-0.3, -0.25) is 14.7 Å². The number of hydrogen-bond acceptors (Lipinski definition) is 13. The molecule has 1 radical (unpaired) electrons. The molecule has 0 spiro atoms. The van der Waals surface area contributed by atoms with Crippen LogP contribution in [0.4, 0.5) is 0 Å². The summed E-state index contributed by atoms with van der Waals surface area (Å²) in [7, 11) is 0. The van der Waals surface area contributed by atoms with Gasteiger partial charge in [-0.15, -0.1) is 0 Å². The summed E-state index contributed by atoms with van der Waals surface area (Å²) in [6.07, 6.45) is 8.17. The molecule has 0 aromatic rings. The number of carbonyl (C=O) groups is 4. The van der Waals surface area contributed by atoms with E-state index in [2.05, 4.69) is 17.5 Å². The van der Waals surface area contributed by atoms with Crippen molar-refractivity contribution in [2.24, 2.45) is 0 Å². The molecule has 0 aromatic heterocycles. The Kier molecular flexibility index (Phi) is 40.2. The largest absolute Gasteiger partial charge is 3.00 e. The summed E-state index contributed by atoms with van der Waals surface area (Å²) in [6.45, 7) is 4.88. The zero-order valence-corrected chi connectivity index (χ0v) is 28.2. The average molecular weight is 772 g/mol. The number of hydrogen-bond donors (Lipinski definition) is 2. The predicted octanol–water partition coefficient (Wildman–Crippen LogP) is -5.40. The van der Waals surface area contributed by atoms with Gasteiger partial charge in [0.25, 0.3) is 0 Å². The van der Waals surface area contributed by atoms with E-state index in [1.807, 2.05) is 0 Å². The van der Waals surface area contributed by atoms with Gasteiger partial charge in [-0.2, -0.15) is 12.6 Å². The number of aliphatic carboxylic acids is 4. The van der Waals surface area contributed by atoms with Gasteiger partial charge < -0.3 is 61.6 Å². The fourth-order valence-electron chi connectivity index (χ4n) is 4.16. The molecule has 1 heterocycles. The minimum atomic E-state index is -1.22. The molecule has 0 unspecified atom stereocenters. The Morgan fingerprint density at radius 2 is 0.786 bits per heavy atom. The van der Waals surface area contributed by atoms with Crippen molar-refractivity contribution in [1.29, 1.82) is 0 Å². The van der Waals surface area contributed by atoms with Gasteiger partial charge in [0.05, 0.1) is 17.9 Å². The average Bonchev–Trinajstić information content (AvgIpc) is 2.80. The molecule has 8 N–H and O–H groups in total. The molecule has 0 bridgehead atoms. The Balaban J connectivity index is -0.000000534. The van der Waals surface area contributed by atoms with Gasteiger partial charge in [0, 0.05) is 78.0 Å². The summed E-state index contributed by atoms with van der Waals surface area (Å²) >= 11 is 4.23. The normalized spacial score (nSPS) is 15.4. The first-order valence-electron chi connectivity index (χ1n) is 13.3. The molecule has 17 heteroatoms. The Morgan fingerprint density at radius 1 is 0.548 bits per heavy atom. The van der Waals surface area contributed by atoms with Crippen LogP contribution in [0, 0.1) is 39.9 Å². The number of rotatable bonds is 15. The smallest absolute Gasteiger partial charge is 0.550 e. The maximum Gasteiger partial charge on any atom is 3.00 e. The molecule has 1 saturated heterocycles. The monoisotopic (exact) mass is 772 g/mol. The molecule has 0 aliphatic carbocycles. The maximum absolute atomic E-state index is 11.2. The zero-order chi connectivity index (χ0) is 28.8. The minimum absolute atomic E-state index is 0. The van der Waals surface area contributed by atoms with Crippen molar-refractivity contribution in [2.75, 3.05) is 84.3 Å². The molecule has 42 heavy (non-hydrogen) atoms. The summed E-state index contributed by atoms with van der Waals surface area (Å²) in [5.74, 6) is -3.70. The van der Waals surface area contributed by atoms with Crippen molar-refractivity contribution in [3.63, 3.8) is 0 Å². The number of carbonyl (C=O) groups excluding carboxylic acids is 4. The summed E-state index contributed by atoms with van der Waals surface area (Å²) in [5, 5.41) is 42.4. The maximum atomic E-state index is 11.2. The third kappa shape index (κ3) is 33.8. The molecule has 15 nitrogen and oxygen atoms in total. The summed E-state index contributed by atoms with van der Waals surface area (Å²) in [5.41, 5.74) is 0. The fraction of sp³-hybridized carbons (Fsp3) is 0.840. The molecular formula is C25H52GdN5O10S. The van der Waals surface area contributed by atoms with E-state index in [1.165, 1.54) is 25.7 Å². The standard InChI is InChI=1S/C23H44N4O6S.C2H4O2.Gd.H3N.2H2O/c28-21(29)18-25-11-9-24(8-6-4-2-1-3-5-7-17-34)10-12-26(19-22(30)31)14-16-27(15-13-25)20-23(32)33;1-2(3)4;;;;/h34H,1-20H2,(H,28,29)(H,30,31)(H,32,33);1H3,(H,3,4);;1H3;2*1H2/q;;+3;;;/p-3. The summed E-state index contributed by atoms with van der Waals surface area (Å²) in [6, 6.07) is 0. The van der Waals surface area contributed by atoms with Crippen LogP contribution >= 0.6 is 12.6 Å². The number of unbranched alkanes of at least 4 members (excludes halogenated alkanes) is 6. The summed E-state index contributed by atoms with van der Waals surface area (Å²) < 4.78 is 0. The molecule has 251 valence electrons. The first-order valence-corrected chi connectivity index (χ1v) is 13.9. The van der Waals surface area contributed by atoms with E-state index in [0.29, 0.717) is 52.4 Å². The van der Waals surface area contributed by atoms with Crippen LogP contribution in [0.1, 0.15) is 51.9 Å². The van der Waals surface area contributed by atoms with Crippen molar-refractivity contribution in [3.8, 4) is 0 Å². The van der Waals surface area contributed by atoms with Crippen LogP contribution in [0.15, 0.2) is 0 Å². The Morgan fingerprint density at radius 3 is 1.05 bits per heavy atom. The van der Waals surface area contributed by atoms with Crippen LogP contribution in [-0.4, -0.2) is 139 Å². The molecule has 1 aliphatic rings. The van der Waals surface area contributed by atoms with E-state index in [1.54, 1.807) is 14.7 Å². The number of carboxylic acid groups (broad SMARTS) is 4. The number of carboxylic acids is 4. The van der Waals surface area contributed by atoms with E-state index in [9.17, 15) is 29.7 Å². The molecule has 1 fully saturated rings. The molecule has 1 rings (SSSR count). The molecule has 0 amide bonds. The number of nitrogens with zero attached hydrogens (tertiary/aromatic N) is 4. The molecule has 1 aliphatic heterocycles. The van der Waals surface area contributed by atoms with E-state index in [0.717, 1.165) is 38.5 Å². The van der Waals surface area contributed by atoms with Crippen molar-refractivity contribution >= 4 is 36.5 Å². The second-order valence-corrected chi connectivity index (χ2v) is 9.92. The van der Waals surface area contributed by atoms with Crippen LogP contribution in [0.3, 0.4) is 0 Å². The fourth-order valence-corrected chi connectivity index (χ4v) is 4.38. The molecular weight excluding hydrogens is 720 g/mol. The van der Waals surface area contributed by atoms with Crippen LogP contribution in [0.5, 0.6) is 0 Å². The van der Waals surface area contributed by atoms with E-state index in [4.69, 9.17) is 9.90 Å². The topological polar surface area (TPSA) is 273 Å². The first-order chi connectivity index (χ1) is 18.0. The molecule has 0 aromatic carbocycles. The van der Waals surface area contributed by atoms with Gasteiger partial charge in [0.15, 0.2) is 0 Å². The van der Waals surface area contributed by atoms with Crippen LogP contribution in [0.2, 0.25) is 0 Å².